The van der Waals surface area contributed by atoms with Crippen molar-refractivity contribution in [2.45, 2.75) is 78.0 Å². The Morgan fingerprint density at radius 1 is 1.07 bits per heavy atom. The third-order valence-corrected chi connectivity index (χ3v) is 6.34. The molecule has 0 radical (unpaired) electrons. The van der Waals surface area contributed by atoms with Crippen LogP contribution in [0.2, 0.25) is 0 Å². The topological polar surface area (TPSA) is 66.4 Å². The molecule has 2 aliphatic rings. The molecule has 2 unspecified atom stereocenters. The van der Waals surface area contributed by atoms with Crippen molar-refractivity contribution in [2.24, 2.45) is 11.8 Å². The highest BCUT2D eigenvalue weighted by Crippen LogP contribution is 2.42. The summed E-state index contributed by atoms with van der Waals surface area (Å²) in [4.78, 5) is 26.1. The summed E-state index contributed by atoms with van der Waals surface area (Å²) in [5.41, 5.74) is 3.77. The average Bonchev–Trinajstić information content (AvgIpc) is 3.04. The number of hydrogen-bond acceptors (Lipinski definition) is 4. The molecule has 0 saturated heterocycles. The number of aryl methyl sites for hydroxylation is 2. The lowest BCUT2D eigenvalue weighted by Crippen LogP contribution is -2.37. The quantitative estimate of drug-likeness (QED) is 0.477. The molecule has 4 heteroatoms. The largest absolute Gasteiger partial charge is 0.379 e. The predicted octanol–water partition coefficient (Wildman–Crippen LogP) is 3.40. The van der Waals surface area contributed by atoms with E-state index in [2.05, 4.69) is 17.2 Å². The van der Waals surface area contributed by atoms with Crippen molar-refractivity contribution in [2.75, 3.05) is 0 Å². The number of aliphatic hydroxyl groups is 1. The molecule has 2 fully saturated rings. The van der Waals surface area contributed by atoms with Crippen LogP contribution in [0.25, 0.3) is 0 Å². The molecule has 0 heterocycles. The van der Waals surface area contributed by atoms with E-state index >= 15 is 0 Å². The summed E-state index contributed by atoms with van der Waals surface area (Å²) < 4.78 is 0. The molecule has 4 nitrogen and oxygen atoms in total. The summed E-state index contributed by atoms with van der Waals surface area (Å²) in [6, 6.07) is 4.24. The van der Waals surface area contributed by atoms with Crippen molar-refractivity contribution in [3.63, 3.8) is 0 Å². The Morgan fingerprint density at radius 3 is 2.21 bits per heavy atom. The van der Waals surface area contributed by atoms with E-state index in [4.69, 9.17) is 0 Å². The first-order valence-corrected chi connectivity index (χ1v) is 10.3. The minimum atomic E-state index is -0.618. The average molecular weight is 382 g/mol. The van der Waals surface area contributed by atoms with E-state index in [0.717, 1.165) is 41.5 Å². The standard InChI is InChI=1S/C24H31NO3/c1-5-6-17-9-14(2)23(15(3)10-17)24-21(27)12-19(13-22(24)28)18-7-8-20(11-18)25-16(4)26/h9-10,16,18-20,24-26H,7-8,11-13H2,1-4H3/t16?,18?,19?,20-,24?/m0/s1. The van der Waals surface area contributed by atoms with Gasteiger partial charge in [-0.1, -0.05) is 5.92 Å². The molecule has 0 bridgehead atoms. The van der Waals surface area contributed by atoms with Crippen LogP contribution in [-0.4, -0.2) is 28.9 Å². The van der Waals surface area contributed by atoms with Crippen molar-refractivity contribution in [1.29, 1.82) is 0 Å². The Bertz CT molecular complexity index is 789. The zero-order valence-electron chi connectivity index (χ0n) is 17.3. The molecule has 28 heavy (non-hydrogen) atoms. The van der Waals surface area contributed by atoms with Gasteiger partial charge in [0.2, 0.25) is 0 Å². The zero-order chi connectivity index (χ0) is 20.4. The van der Waals surface area contributed by atoms with Gasteiger partial charge in [-0.05, 0) is 87.6 Å². The summed E-state index contributed by atoms with van der Waals surface area (Å²) in [5, 5.41) is 12.7. The molecule has 0 amide bonds. The predicted molar refractivity (Wildman–Crippen MR) is 110 cm³/mol. The number of carbonyl (C=O) groups excluding carboxylic acids is 2. The first-order chi connectivity index (χ1) is 13.3. The monoisotopic (exact) mass is 381 g/mol. The van der Waals surface area contributed by atoms with Crippen molar-refractivity contribution in [1.82, 2.24) is 5.32 Å². The number of Topliss-reactive ketones (excluding diaryl/α,β-unsaturated/α-hetero) is 2. The van der Waals surface area contributed by atoms with E-state index in [1.54, 1.807) is 13.8 Å². The molecular weight excluding hydrogens is 350 g/mol. The maximum Gasteiger partial charge on any atom is 0.148 e. The molecule has 2 N–H and O–H groups in total. The van der Waals surface area contributed by atoms with Crippen molar-refractivity contribution < 1.29 is 14.7 Å². The van der Waals surface area contributed by atoms with Crippen LogP contribution in [0.3, 0.4) is 0 Å². The number of carbonyl (C=O) groups is 2. The summed E-state index contributed by atoms with van der Waals surface area (Å²) in [5.74, 6) is 6.00. The second kappa shape index (κ2) is 8.59. The van der Waals surface area contributed by atoms with Crippen molar-refractivity contribution >= 4 is 11.6 Å². The molecule has 1 aromatic rings. The summed E-state index contributed by atoms with van der Waals surface area (Å²) in [7, 11) is 0. The Balaban J connectivity index is 1.75. The number of rotatable bonds is 4. The first kappa shape index (κ1) is 20.8. The Kier molecular flexibility index (Phi) is 6.37. The normalized spacial score (nSPS) is 28.8. The van der Waals surface area contributed by atoms with Gasteiger partial charge >= 0.3 is 0 Å². The van der Waals surface area contributed by atoms with Crippen LogP contribution < -0.4 is 5.32 Å². The second-order valence-corrected chi connectivity index (χ2v) is 8.55. The van der Waals surface area contributed by atoms with Gasteiger partial charge in [-0.25, -0.2) is 0 Å². The fourth-order valence-electron chi connectivity index (χ4n) is 5.24. The smallest absolute Gasteiger partial charge is 0.148 e. The van der Waals surface area contributed by atoms with Gasteiger partial charge in [-0.15, -0.1) is 5.92 Å². The maximum atomic E-state index is 13.0. The summed E-state index contributed by atoms with van der Waals surface area (Å²) in [6.45, 7) is 7.48. The lowest BCUT2D eigenvalue weighted by molar-refractivity contribution is -0.134. The molecular formula is C24H31NO3. The van der Waals surface area contributed by atoms with E-state index in [0.29, 0.717) is 18.8 Å². The summed E-state index contributed by atoms with van der Waals surface area (Å²) >= 11 is 0. The van der Waals surface area contributed by atoms with Gasteiger partial charge in [0.25, 0.3) is 0 Å². The van der Waals surface area contributed by atoms with E-state index in [1.807, 2.05) is 26.0 Å². The number of nitrogens with one attached hydrogen (secondary N) is 1. The van der Waals surface area contributed by atoms with E-state index in [9.17, 15) is 14.7 Å². The van der Waals surface area contributed by atoms with Crippen molar-refractivity contribution in [3.8, 4) is 11.8 Å². The minimum Gasteiger partial charge on any atom is -0.379 e. The maximum absolute atomic E-state index is 13.0. The van der Waals surface area contributed by atoms with Gasteiger partial charge in [0, 0.05) is 24.4 Å². The first-order valence-electron chi connectivity index (χ1n) is 10.3. The summed E-state index contributed by atoms with van der Waals surface area (Å²) in [6.07, 6.45) is 3.40. The van der Waals surface area contributed by atoms with Crippen LogP contribution in [0.5, 0.6) is 0 Å². The SMILES string of the molecule is CC#Cc1cc(C)c(C2C(=O)CC(C3CC[C@H](NC(C)O)C3)CC2=O)c(C)c1. The highest BCUT2D eigenvalue weighted by Gasteiger charge is 2.42. The molecule has 3 rings (SSSR count). The third kappa shape index (κ3) is 4.37. The molecule has 3 atom stereocenters. The molecule has 150 valence electrons. The number of ketones is 2. The lowest BCUT2D eigenvalue weighted by Gasteiger charge is -2.32. The van der Waals surface area contributed by atoms with Gasteiger partial charge in [0.15, 0.2) is 0 Å². The van der Waals surface area contributed by atoms with Gasteiger partial charge in [0.1, 0.15) is 23.7 Å². The molecule has 2 aliphatic carbocycles. The fourth-order valence-corrected chi connectivity index (χ4v) is 5.24. The lowest BCUT2D eigenvalue weighted by atomic mass is 9.70. The molecule has 0 aliphatic heterocycles. The van der Waals surface area contributed by atoms with E-state index in [-0.39, 0.29) is 23.5 Å². The van der Waals surface area contributed by atoms with E-state index in [1.165, 1.54) is 0 Å². The third-order valence-electron chi connectivity index (χ3n) is 6.34. The van der Waals surface area contributed by atoms with Crippen LogP contribution in [0.4, 0.5) is 0 Å². The second-order valence-electron chi connectivity index (χ2n) is 8.55. The van der Waals surface area contributed by atoms with Gasteiger partial charge in [-0.3, -0.25) is 14.9 Å². The van der Waals surface area contributed by atoms with Gasteiger partial charge in [0.05, 0.1) is 0 Å². The van der Waals surface area contributed by atoms with Crippen molar-refractivity contribution in [3.05, 3.63) is 34.4 Å². The number of hydrogen-bond donors (Lipinski definition) is 2. The Hall–Kier alpha value is -1.96. The van der Waals surface area contributed by atoms with E-state index < -0.39 is 12.1 Å². The Labute approximate surface area is 168 Å². The Morgan fingerprint density at radius 2 is 1.68 bits per heavy atom. The fraction of sp³-hybridized carbons (Fsp3) is 0.583. The van der Waals surface area contributed by atoms with Gasteiger partial charge in [-0.2, -0.15) is 0 Å². The van der Waals surface area contributed by atoms with Crippen LogP contribution in [0.1, 0.15) is 74.1 Å². The van der Waals surface area contributed by atoms with Crippen LogP contribution in [0.15, 0.2) is 12.1 Å². The minimum absolute atomic E-state index is 0.0636. The molecule has 0 aromatic heterocycles. The highest BCUT2D eigenvalue weighted by atomic mass is 16.3. The molecule has 2 saturated carbocycles. The van der Waals surface area contributed by atoms with Crippen LogP contribution in [-0.2, 0) is 9.59 Å². The number of benzene rings is 1. The van der Waals surface area contributed by atoms with Crippen LogP contribution >= 0.6 is 0 Å². The van der Waals surface area contributed by atoms with Gasteiger partial charge < -0.3 is 5.11 Å². The molecule has 1 aromatic carbocycles. The molecule has 0 spiro atoms. The number of aliphatic hydroxyl groups excluding tert-OH is 1. The zero-order valence-corrected chi connectivity index (χ0v) is 17.3. The van der Waals surface area contributed by atoms with Crippen LogP contribution in [0, 0.1) is 37.5 Å². The highest BCUT2D eigenvalue weighted by molar-refractivity contribution is 6.10.